The van der Waals surface area contributed by atoms with Gasteiger partial charge in [-0.25, -0.2) is 0 Å². The van der Waals surface area contributed by atoms with Crippen LogP contribution in [0.25, 0.3) is 10.9 Å². The SMILES string of the molecule is CC(C)C(C)(c1ccc(I)cc1)c1c[nH]c2ccccc12. The minimum atomic E-state index is 0.00391. The normalized spacial score (nSPS) is 14.5. The smallest absolute Gasteiger partial charge is 0.0457 e. The number of H-pyrrole nitrogens is 1. The fraction of sp³-hybridized carbons (Fsp3) is 0.263. The van der Waals surface area contributed by atoms with E-state index in [0.29, 0.717) is 5.92 Å². The molecule has 2 aromatic carbocycles. The number of hydrogen-bond donors (Lipinski definition) is 1. The first-order valence-electron chi connectivity index (χ1n) is 7.36. The molecule has 0 saturated carbocycles. The topological polar surface area (TPSA) is 15.8 Å². The molecule has 0 radical (unpaired) electrons. The molecule has 108 valence electrons. The van der Waals surface area contributed by atoms with Crippen molar-refractivity contribution < 1.29 is 0 Å². The quantitative estimate of drug-likeness (QED) is 0.551. The highest BCUT2D eigenvalue weighted by molar-refractivity contribution is 14.1. The molecule has 0 saturated heterocycles. The van der Waals surface area contributed by atoms with E-state index < -0.39 is 0 Å². The monoisotopic (exact) mass is 389 g/mol. The number of para-hydroxylation sites is 1. The van der Waals surface area contributed by atoms with Gasteiger partial charge in [-0.2, -0.15) is 0 Å². The minimum absolute atomic E-state index is 0.00391. The molecule has 0 spiro atoms. The Labute approximate surface area is 139 Å². The van der Waals surface area contributed by atoms with E-state index in [1.165, 1.54) is 25.6 Å². The van der Waals surface area contributed by atoms with Crippen LogP contribution in [0.5, 0.6) is 0 Å². The van der Waals surface area contributed by atoms with E-state index in [4.69, 9.17) is 0 Å². The van der Waals surface area contributed by atoms with Crippen LogP contribution >= 0.6 is 22.6 Å². The van der Waals surface area contributed by atoms with Crippen LogP contribution in [0, 0.1) is 9.49 Å². The van der Waals surface area contributed by atoms with Gasteiger partial charge in [0.15, 0.2) is 0 Å². The molecule has 1 aromatic heterocycles. The second kappa shape index (κ2) is 5.48. The molecule has 3 rings (SSSR count). The molecular formula is C19H20IN. The van der Waals surface area contributed by atoms with Crippen LogP contribution < -0.4 is 0 Å². The van der Waals surface area contributed by atoms with E-state index in [-0.39, 0.29) is 5.41 Å². The Morgan fingerprint density at radius 2 is 1.67 bits per heavy atom. The number of nitrogens with one attached hydrogen (secondary N) is 1. The van der Waals surface area contributed by atoms with Crippen LogP contribution in [0.1, 0.15) is 31.9 Å². The van der Waals surface area contributed by atoms with E-state index in [9.17, 15) is 0 Å². The molecular weight excluding hydrogens is 369 g/mol. The third-order valence-corrected chi connectivity index (χ3v) is 5.47. The number of benzene rings is 2. The molecule has 0 aliphatic heterocycles. The van der Waals surface area contributed by atoms with Crippen molar-refractivity contribution in [3.05, 3.63) is 69.4 Å². The van der Waals surface area contributed by atoms with Crippen LogP contribution in [-0.4, -0.2) is 4.98 Å². The minimum Gasteiger partial charge on any atom is -0.361 e. The van der Waals surface area contributed by atoms with Gasteiger partial charge in [0, 0.05) is 26.1 Å². The van der Waals surface area contributed by atoms with E-state index in [0.717, 1.165) is 0 Å². The van der Waals surface area contributed by atoms with Gasteiger partial charge in [0.2, 0.25) is 0 Å². The van der Waals surface area contributed by atoms with Crippen molar-refractivity contribution >= 4 is 33.5 Å². The molecule has 1 N–H and O–H groups in total. The number of rotatable bonds is 3. The summed E-state index contributed by atoms with van der Waals surface area (Å²) in [7, 11) is 0. The second-order valence-electron chi connectivity index (χ2n) is 6.11. The maximum atomic E-state index is 3.43. The third-order valence-electron chi connectivity index (χ3n) is 4.75. The Morgan fingerprint density at radius 3 is 2.33 bits per heavy atom. The van der Waals surface area contributed by atoms with Gasteiger partial charge in [0.05, 0.1) is 0 Å². The van der Waals surface area contributed by atoms with Crippen molar-refractivity contribution in [2.45, 2.75) is 26.2 Å². The van der Waals surface area contributed by atoms with Crippen molar-refractivity contribution in [2.24, 2.45) is 5.92 Å². The highest BCUT2D eigenvalue weighted by Gasteiger charge is 2.34. The second-order valence-corrected chi connectivity index (χ2v) is 7.36. The van der Waals surface area contributed by atoms with Crippen molar-refractivity contribution in [3.63, 3.8) is 0 Å². The predicted molar refractivity (Wildman–Crippen MR) is 98.7 cm³/mol. The van der Waals surface area contributed by atoms with E-state index in [1.54, 1.807) is 0 Å². The lowest BCUT2D eigenvalue weighted by Gasteiger charge is -2.34. The molecule has 3 aromatic rings. The van der Waals surface area contributed by atoms with Crippen molar-refractivity contribution in [3.8, 4) is 0 Å². The van der Waals surface area contributed by atoms with Crippen LogP contribution in [0.2, 0.25) is 0 Å². The maximum absolute atomic E-state index is 3.43. The molecule has 0 fully saturated rings. The van der Waals surface area contributed by atoms with Gasteiger partial charge in [-0.05, 0) is 57.8 Å². The number of fused-ring (bicyclic) bond motifs is 1. The molecule has 21 heavy (non-hydrogen) atoms. The lowest BCUT2D eigenvalue weighted by atomic mass is 9.68. The molecule has 0 aliphatic rings. The first-order valence-corrected chi connectivity index (χ1v) is 8.44. The summed E-state index contributed by atoms with van der Waals surface area (Å²) in [6.45, 7) is 6.97. The van der Waals surface area contributed by atoms with Crippen molar-refractivity contribution in [1.82, 2.24) is 4.98 Å². The summed E-state index contributed by atoms with van der Waals surface area (Å²) < 4.78 is 1.28. The Bertz CT molecular complexity index is 755. The van der Waals surface area contributed by atoms with Gasteiger partial charge in [-0.3, -0.25) is 0 Å². The van der Waals surface area contributed by atoms with Gasteiger partial charge >= 0.3 is 0 Å². The Kier molecular flexibility index (Phi) is 3.82. The summed E-state index contributed by atoms with van der Waals surface area (Å²) in [6.07, 6.45) is 2.18. The molecule has 0 amide bonds. The number of hydrogen-bond acceptors (Lipinski definition) is 0. The van der Waals surface area contributed by atoms with Crippen molar-refractivity contribution in [2.75, 3.05) is 0 Å². The Balaban J connectivity index is 2.24. The van der Waals surface area contributed by atoms with Gasteiger partial charge < -0.3 is 4.98 Å². The Morgan fingerprint density at radius 1 is 1.00 bits per heavy atom. The number of aromatic nitrogens is 1. The summed E-state index contributed by atoms with van der Waals surface area (Å²) in [5.74, 6) is 0.511. The van der Waals surface area contributed by atoms with Crippen LogP contribution in [0.3, 0.4) is 0 Å². The zero-order chi connectivity index (χ0) is 15.0. The molecule has 1 atom stereocenters. The molecule has 1 nitrogen and oxygen atoms in total. The van der Waals surface area contributed by atoms with Crippen LogP contribution in [-0.2, 0) is 5.41 Å². The van der Waals surface area contributed by atoms with Gasteiger partial charge in [-0.1, -0.05) is 51.1 Å². The Hall–Kier alpha value is -1.29. The summed E-state index contributed by atoms with van der Waals surface area (Å²) in [5.41, 5.74) is 3.98. The molecule has 2 heteroatoms. The summed E-state index contributed by atoms with van der Waals surface area (Å²) >= 11 is 2.36. The van der Waals surface area contributed by atoms with Crippen LogP contribution in [0.4, 0.5) is 0 Å². The summed E-state index contributed by atoms with van der Waals surface area (Å²) in [6, 6.07) is 17.5. The number of aromatic amines is 1. The maximum Gasteiger partial charge on any atom is 0.0457 e. The van der Waals surface area contributed by atoms with E-state index in [1.807, 2.05) is 0 Å². The largest absolute Gasteiger partial charge is 0.361 e. The number of halogens is 1. The zero-order valence-corrected chi connectivity index (χ0v) is 14.8. The predicted octanol–water partition coefficient (Wildman–Crippen LogP) is 5.73. The summed E-state index contributed by atoms with van der Waals surface area (Å²) in [5, 5.41) is 1.33. The van der Waals surface area contributed by atoms with E-state index in [2.05, 4.69) is 103 Å². The average Bonchev–Trinajstić information content (AvgIpc) is 2.91. The lowest BCUT2D eigenvalue weighted by molar-refractivity contribution is 0.408. The molecule has 1 unspecified atom stereocenters. The summed E-state index contributed by atoms with van der Waals surface area (Å²) in [4.78, 5) is 3.43. The van der Waals surface area contributed by atoms with Gasteiger partial charge in [0.25, 0.3) is 0 Å². The third kappa shape index (κ3) is 2.39. The van der Waals surface area contributed by atoms with Crippen LogP contribution in [0.15, 0.2) is 54.7 Å². The molecule has 0 bridgehead atoms. The first kappa shape index (κ1) is 14.6. The average molecular weight is 389 g/mol. The zero-order valence-electron chi connectivity index (χ0n) is 12.7. The fourth-order valence-electron chi connectivity index (χ4n) is 3.10. The van der Waals surface area contributed by atoms with E-state index >= 15 is 0 Å². The highest BCUT2D eigenvalue weighted by atomic mass is 127. The van der Waals surface area contributed by atoms with Gasteiger partial charge in [-0.15, -0.1) is 0 Å². The standard InChI is InChI=1S/C19H20IN/c1-13(2)19(3,14-8-10-15(20)11-9-14)17-12-21-18-7-5-4-6-16(17)18/h4-13,21H,1-3H3. The first-order chi connectivity index (χ1) is 10.0. The molecule has 1 heterocycles. The molecule has 0 aliphatic carbocycles. The lowest BCUT2D eigenvalue weighted by Crippen LogP contribution is -2.29. The highest BCUT2D eigenvalue weighted by Crippen LogP contribution is 2.42. The van der Waals surface area contributed by atoms with Crippen molar-refractivity contribution in [1.29, 1.82) is 0 Å². The fourth-order valence-corrected chi connectivity index (χ4v) is 3.46. The van der Waals surface area contributed by atoms with Gasteiger partial charge in [0.1, 0.15) is 0 Å².